The third kappa shape index (κ3) is 3.49. The molecule has 1 amide bonds. The first-order valence-corrected chi connectivity index (χ1v) is 7.93. The molecule has 0 unspecified atom stereocenters. The fourth-order valence-corrected chi connectivity index (χ4v) is 2.55. The molecule has 0 aromatic heterocycles. The predicted octanol–water partition coefficient (Wildman–Crippen LogP) is 2.29. The summed E-state index contributed by atoms with van der Waals surface area (Å²) in [4.78, 5) is 12.1. The fraction of sp³-hybridized carbons (Fsp3) is 0.133. The quantitative estimate of drug-likeness (QED) is 0.907. The van der Waals surface area contributed by atoms with E-state index in [4.69, 9.17) is 0 Å². The van der Waals surface area contributed by atoms with E-state index in [1.807, 2.05) is 0 Å². The number of hydrogen-bond acceptors (Lipinski definition) is 3. The van der Waals surface area contributed by atoms with Gasteiger partial charge >= 0.3 is 0 Å². The van der Waals surface area contributed by atoms with Crippen LogP contribution in [0.15, 0.2) is 47.4 Å². The maximum absolute atomic E-state index is 13.7. The Morgan fingerprint density at radius 3 is 2.27 bits per heavy atom. The van der Waals surface area contributed by atoms with E-state index in [2.05, 4.69) is 10.0 Å². The first-order chi connectivity index (χ1) is 10.3. The SMILES string of the molecule is CNS(=O)(=O)c1ccc(C(=O)Nc2ccc(C)cc2F)cc1. The van der Waals surface area contributed by atoms with Crippen molar-refractivity contribution in [1.29, 1.82) is 0 Å². The van der Waals surface area contributed by atoms with Gasteiger partial charge in [-0.3, -0.25) is 4.79 Å². The smallest absolute Gasteiger partial charge is 0.255 e. The van der Waals surface area contributed by atoms with E-state index in [9.17, 15) is 17.6 Å². The Bertz CT molecular complexity index is 802. The molecule has 0 atom stereocenters. The third-order valence-electron chi connectivity index (χ3n) is 3.07. The van der Waals surface area contributed by atoms with Crippen LogP contribution in [-0.4, -0.2) is 21.4 Å². The molecule has 2 aromatic rings. The van der Waals surface area contributed by atoms with E-state index in [1.165, 1.54) is 43.4 Å². The molecule has 0 aliphatic heterocycles. The molecule has 0 aliphatic carbocycles. The second kappa shape index (κ2) is 6.25. The van der Waals surface area contributed by atoms with E-state index >= 15 is 0 Å². The maximum atomic E-state index is 13.7. The van der Waals surface area contributed by atoms with E-state index < -0.39 is 21.7 Å². The normalized spacial score (nSPS) is 11.2. The highest BCUT2D eigenvalue weighted by atomic mass is 32.2. The molecule has 0 aliphatic rings. The van der Waals surface area contributed by atoms with Gasteiger partial charge in [-0.1, -0.05) is 6.07 Å². The molecule has 5 nitrogen and oxygen atoms in total. The van der Waals surface area contributed by atoms with Crippen LogP contribution < -0.4 is 10.0 Å². The molecule has 7 heteroatoms. The summed E-state index contributed by atoms with van der Waals surface area (Å²) < 4.78 is 39.0. The summed E-state index contributed by atoms with van der Waals surface area (Å²) in [6, 6.07) is 9.83. The van der Waals surface area contributed by atoms with Crippen molar-refractivity contribution in [2.24, 2.45) is 0 Å². The van der Waals surface area contributed by atoms with Gasteiger partial charge in [0, 0.05) is 5.56 Å². The number of carbonyl (C=O) groups excluding carboxylic acids is 1. The number of amides is 1. The van der Waals surface area contributed by atoms with Gasteiger partial charge in [-0.2, -0.15) is 0 Å². The van der Waals surface area contributed by atoms with E-state index in [0.717, 1.165) is 5.56 Å². The number of rotatable bonds is 4. The van der Waals surface area contributed by atoms with Crippen molar-refractivity contribution in [1.82, 2.24) is 4.72 Å². The molecule has 22 heavy (non-hydrogen) atoms. The standard InChI is InChI=1S/C15H15FN2O3S/c1-10-3-8-14(13(16)9-10)18-15(19)11-4-6-12(7-5-11)22(20,21)17-2/h3-9,17H,1-2H3,(H,18,19). The van der Waals surface area contributed by atoms with Crippen molar-refractivity contribution in [2.75, 3.05) is 12.4 Å². The zero-order chi connectivity index (χ0) is 16.3. The number of sulfonamides is 1. The minimum absolute atomic E-state index is 0.0491. The maximum Gasteiger partial charge on any atom is 0.255 e. The van der Waals surface area contributed by atoms with Gasteiger partial charge in [-0.25, -0.2) is 17.5 Å². The van der Waals surface area contributed by atoms with Gasteiger partial charge in [0.15, 0.2) is 0 Å². The largest absolute Gasteiger partial charge is 0.319 e. The Balaban J connectivity index is 2.20. The topological polar surface area (TPSA) is 75.3 Å². The van der Waals surface area contributed by atoms with Crippen LogP contribution in [0.5, 0.6) is 0 Å². The Kier molecular flexibility index (Phi) is 4.58. The molecule has 0 heterocycles. The van der Waals surface area contributed by atoms with Crippen LogP contribution in [0.3, 0.4) is 0 Å². The van der Waals surface area contributed by atoms with Crippen molar-refractivity contribution < 1.29 is 17.6 Å². The molecule has 116 valence electrons. The summed E-state index contributed by atoms with van der Waals surface area (Å²) in [5.41, 5.74) is 1.05. The molecule has 0 spiro atoms. The van der Waals surface area contributed by atoms with Gasteiger partial charge in [-0.05, 0) is 55.9 Å². The lowest BCUT2D eigenvalue weighted by Gasteiger charge is -2.08. The van der Waals surface area contributed by atoms with Crippen LogP contribution in [0.2, 0.25) is 0 Å². The number of halogens is 1. The summed E-state index contributed by atoms with van der Waals surface area (Å²) in [5.74, 6) is -1.04. The minimum atomic E-state index is -3.55. The van der Waals surface area contributed by atoms with Gasteiger partial charge in [0.05, 0.1) is 10.6 Å². The molecular formula is C15H15FN2O3S. The fourth-order valence-electron chi connectivity index (χ4n) is 1.82. The van der Waals surface area contributed by atoms with Crippen LogP contribution in [0.4, 0.5) is 10.1 Å². The minimum Gasteiger partial charge on any atom is -0.319 e. The van der Waals surface area contributed by atoms with Crippen LogP contribution >= 0.6 is 0 Å². The van der Waals surface area contributed by atoms with Crippen molar-refractivity contribution in [3.05, 3.63) is 59.4 Å². The van der Waals surface area contributed by atoms with E-state index in [-0.39, 0.29) is 16.1 Å². The Morgan fingerprint density at radius 2 is 1.73 bits per heavy atom. The Labute approximate surface area is 128 Å². The lowest BCUT2D eigenvalue weighted by atomic mass is 10.2. The number of aryl methyl sites for hydroxylation is 1. The van der Waals surface area contributed by atoms with Gasteiger partial charge in [0.2, 0.25) is 10.0 Å². The van der Waals surface area contributed by atoms with Crippen molar-refractivity contribution in [3.63, 3.8) is 0 Å². The summed E-state index contributed by atoms with van der Waals surface area (Å²) in [5, 5.41) is 2.45. The second-order valence-electron chi connectivity index (χ2n) is 4.67. The molecule has 0 bridgehead atoms. The van der Waals surface area contributed by atoms with Crippen molar-refractivity contribution >= 4 is 21.6 Å². The number of benzene rings is 2. The number of hydrogen-bond donors (Lipinski definition) is 2. The number of nitrogens with one attached hydrogen (secondary N) is 2. The zero-order valence-electron chi connectivity index (χ0n) is 12.1. The van der Waals surface area contributed by atoms with Gasteiger partial charge in [0.1, 0.15) is 5.82 Å². The zero-order valence-corrected chi connectivity index (χ0v) is 12.9. The second-order valence-corrected chi connectivity index (χ2v) is 6.56. The average molecular weight is 322 g/mol. The van der Waals surface area contributed by atoms with Gasteiger partial charge in [0.25, 0.3) is 5.91 Å². The van der Waals surface area contributed by atoms with Gasteiger partial charge in [-0.15, -0.1) is 0 Å². The molecule has 0 radical (unpaired) electrons. The van der Waals surface area contributed by atoms with E-state index in [0.29, 0.717) is 0 Å². The lowest BCUT2D eigenvalue weighted by molar-refractivity contribution is 0.102. The van der Waals surface area contributed by atoms with Gasteiger partial charge < -0.3 is 5.32 Å². The van der Waals surface area contributed by atoms with Crippen LogP contribution in [0.25, 0.3) is 0 Å². The third-order valence-corrected chi connectivity index (χ3v) is 4.50. The number of carbonyl (C=O) groups is 1. The molecule has 2 aromatic carbocycles. The predicted molar refractivity (Wildman–Crippen MR) is 81.8 cm³/mol. The molecule has 0 saturated carbocycles. The average Bonchev–Trinajstić information content (AvgIpc) is 2.50. The van der Waals surface area contributed by atoms with Crippen LogP contribution in [0.1, 0.15) is 15.9 Å². The Hall–Kier alpha value is -2.25. The summed E-state index contributed by atoms with van der Waals surface area (Å²) in [6.45, 7) is 1.75. The molecule has 0 fully saturated rings. The van der Waals surface area contributed by atoms with Crippen molar-refractivity contribution in [2.45, 2.75) is 11.8 Å². The number of anilines is 1. The van der Waals surface area contributed by atoms with Crippen molar-refractivity contribution in [3.8, 4) is 0 Å². The summed E-state index contributed by atoms with van der Waals surface area (Å²) >= 11 is 0. The lowest BCUT2D eigenvalue weighted by Crippen LogP contribution is -2.19. The highest BCUT2D eigenvalue weighted by Crippen LogP contribution is 2.17. The highest BCUT2D eigenvalue weighted by molar-refractivity contribution is 7.89. The molecule has 2 rings (SSSR count). The molecular weight excluding hydrogens is 307 g/mol. The van der Waals surface area contributed by atoms with E-state index in [1.54, 1.807) is 13.0 Å². The first kappa shape index (κ1) is 16.1. The molecule has 2 N–H and O–H groups in total. The summed E-state index contributed by atoms with van der Waals surface area (Å²) in [7, 11) is -2.25. The Morgan fingerprint density at radius 1 is 1.09 bits per heavy atom. The van der Waals surface area contributed by atoms with Crippen LogP contribution in [0, 0.1) is 12.7 Å². The first-order valence-electron chi connectivity index (χ1n) is 6.44. The monoisotopic (exact) mass is 322 g/mol. The molecule has 0 saturated heterocycles. The highest BCUT2D eigenvalue weighted by Gasteiger charge is 2.13. The van der Waals surface area contributed by atoms with Crippen LogP contribution in [-0.2, 0) is 10.0 Å². The summed E-state index contributed by atoms with van der Waals surface area (Å²) in [6.07, 6.45) is 0.